The van der Waals surface area contributed by atoms with Crippen molar-refractivity contribution in [3.8, 4) is 0 Å². The van der Waals surface area contributed by atoms with E-state index in [4.69, 9.17) is 27.9 Å². The molecule has 9 heteroatoms. The molecule has 1 aromatic rings. The van der Waals surface area contributed by atoms with E-state index in [0.29, 0.717) is 52.9 Å². The van der Waals surface area contributed by atoms with Crippen LogP contribution in [0.25, 0.3) is 0 Å². The van der Waals surface area contributed by atoms with Crippen molar-refractivity contribution in [3.05, 3.63) is 29.8 Å². The highest BCUT2D eigenvalue weighted by molar-refractivity contribution is 7.86. The molecule has 1 aromatic carbocycles. The SMILES string of the molecule is CCCCCCCCCCCCOCCOCCOCCOCCOCCOS(=O)(=O)c1ccc(C)cc1. The molecule has 8 nitrogen and oxygen atoms in total. The van der Waals surface area contributed by atoms with Crippen LogP contribution in [0.3, 0.4) is 0 Å². The fourth-order valence-corrected chi connectivity index (χ4v) is 4.54. The zero-order chi connectivity index (χ0) is 27.6. The van der Waals surface area contributed by atoms with Gasteiger partial charge in [-0.15, -0.1) is 0 Å². The van der Waals surface area contributed by atoms with Crippen LogP contribution in [0.2, 0.25) is 0 Å². The minimum Gasteiger partial charge on any atom is -0.379 e. The summed E-state index contributed by atoms with van der Waals surface area (Å²) in [5.41, 5.74) is 0.987. The number of ether oxygens (including phenoxy) is 5. The molecule has 0 aliphatic carbocycles. The summed E-state index contributed by atoms with van der Waals surface area (Å²) in [5.74, 6) is 0. The van der Waals surface area contributed by atoms with Crippen molar-refractivity contribution in [2.24, 2.45) is 0 Å². The first-order chi connectivity index (χ1) is 18.6. The second-order valence-corrected chi connectivity index (χ2v) is 10.9. The predicted octanol–water partition coefficient (Wildman–Crippen LogP) is 5.70. The molecule has 38 heavy (non-hydrogen) atoms. The van der Waals surface area contributed by atoms with Crippen LogP contribution in [0.15, 0.2) is 29.2 Å². The Balaban J connectivity index is 1.73. The van der Waals surface area contributed by atoms with Gasteiger partial charge in [0, 0.05) is 6.61 Å². The lowest BCUT2D eigenvalue weighted by atomic mass is 10.1. The zero-order valence-electron chi connectivity index (χ0n) is 23.8. The van der Waals surface area contributed by atoms with Gasteiger partial charge in [0.1, 0.15) is 0 Å². The van der Waals surface area contributed by atoms with Crippen LogP contribution in [0.4, 0.5) is 0 Å². The highest BCUT2D eigenvalue weighted by Crippen LogP contribution is 2.13. The Kier molecular flexibility index (Phi) is 22.9. The van der Waals surface area contributed by atoms with Crippen LogP contribution in [-0.4, -0.2) is 81.1 Å². The Morgan fingerprint density at radius 1 is 0.500 bits per heavy atom. The third-order valence-electron chi connectivity index (χ3n) is 5.91. The molecule has 222 valence electrons. The predicted molar refractivity (Wildman–Crippen MR) is 150 cm³/mol. The Morgan fingerprint density at radius 2 is 0.868 bits per heavy atom. The standard InChI is InChI=1S/C29H52O8S/c1-3-4-5-6-7-8-9-10-11-12-17-32-18-19-33-20-21-34-22-23-35-24-25-36-26-27-37-38(30,31)29-15-13-28(2)14-16-29/h13-16H,3-12,17-27H2,1-2H3. The van der Waals surface area contributed by atoms with Crippen molar-refractivity contribution in [2.45, 2.75) is 83.0 Å². The molecule has 0 bridgehead atoms. The summed E-state index contributed by atoms with van der Waals surface area (Å²) in [6.45, 7) is 9.08. The van der Waals surface area contributed by atoms with E-state index in [1.807, 2.05) is 6.92 Å². The summed E-state index contributed by atoms with van der Waals surface area (Å²) in [7, 11) is -3.75. The van der Waals surface area contributed by atoms with Crippen LogP contribution in [0.5, 0.6) is 0 Å². The van der Waals surface area contributed by atoms with Crippen molar-refractivity contribution >= 4 is 10.1 Å². The molecule has 0 spiro atoms. The van der Waals surface area contributed by atoms with E-state index in [1.54, 1.807) is 12.1 Å². The van der Waals surface area contributed by atoms with E-state index in [1.165, 1.54) is 69.9 Å². The lowest BCUT2D eigenvalue weighted by Crippen LogP contribution is -2.15. The third kappa shape index (κ3) is 20.8. The average Bonchev–Trinajstić information content (AvgIpc) is 2.91. The van der Waals surface area contributed by atoms with Crippen LogP contribution < -0.4 is 0 Å². The molecule has 0 fully saturated rings. The molecule has 0 aliphatic rings. The number of hydrogen-bond donors (Lipinski definition) is 0. The summed E-state index contributed by atoms with van der Waals surface area (Å²) in [4.78, 5) is 0.143. The van der Waals surface area contributed by atoms with E-state index >= 15 is 0 Å². The summed E-state index contributed by atoms with van der Waals surface area (Å²) in [6.07, 6.45) is 13.3. The van der Waals surface area contributed by atoms with Crippen LogP contribution in [0, 0.1) is 6.92 Å². The zero-order valence-corrected chi connectivity index (χ0v) is 24.6. The normalized spacial score (nSPS) is 11.8. The molecule has 0 amide bonds. The van der Waals surface area contributed by atoms with E-state index in [-0.39, 0.29) is 18.1 Å². The van der Waals surface area contributed by atoms with Gasteiger partial charge in [-0.2, -0.15) is 8.42 Å². The van der Waals surface area contributed by atoms with Gasteiger partial charge in [0.25, 0.3) is 10.1 Å². The summed E-state index contributed by atoms with van der Waals surface area (Å²) < 4.78 is 56.4. The van der Waals surface area contributed by atoms with Crippen molar-refractivity contribution < 1.29 is 36.3 Å². The first-order valence-electron chi connectivity index (χ1n) is 14.4. The summed E-state index contributed by atoms with van der Waals surface area (Å²) in [6, 6.07) is 6.53. The maximum absolute atomic E-state index is 12.0. The molecule has 0 saturated heterocycles. The fourth-order valence-electron chi connectivity index (χ4n) is 3.65. The van der Waals surface area contributed by atoms with Gasteiger partial charge in [-0.1, -0.05) is 82.4 Å². The van der Waals surface area contributed by atoms with Gasteiger partial charge in [-0.25, -0.2) is 0 Å². The van der Waals surface area contributed by atoms with Gasteiger partial charge in [-0.3, -0.25) is 4.18 Å². The van der Waals surface area contributed by atoms with Gasteiger partial charge in [0.15, 0.2) is 0 Å². The maximum Gasteiger partial charge on any atom is 0.297 e. The number of benzene rings is 1. The number of hydrogen-bond acceptors (Lipinski definition) is 8. The van der Waals surface area contributed by atoms with Gasteiger partial charge in [-0.05, 0) is 25.5 Å². The molecule has 0 aliphatic heterocycles. The highest BCUT2D eigenvalue weighted by Gasteiger charge is 2.14. The van der Waals surface area contributed by atoms with E-state index in [2.05, 4.69) is 6.92 Å². The lowest BCUT2D eigenvalue weighted by molar-refractivity contribution is -0.0127. The van der Waals surface area contributed by atoms with E-state index in [0.717, 1.165) is 18.6 Å². The number of aryl methyl sites for hydroxylation is 1. The Hall–Kier alpha value is -1.07. The highest BCUT2D eigenvalue weighted by atomic mass is 32.2. The molecule has 0 saturated carbocycles. The second-order valence-electron chi connectivity index (χ2n) is 9.33. The van der Waals surface area contributed by atoms with E-state index < -0.39 is 10.1 Å². The fraction of sp³-hybridized carbons (Fsp3) is 0.793. The topological polar surface area (TPSA) is 89.5 Å². The van der Waals surface area contributed by atoms with Crippen molar-refractivity contribution in [1.29, 1.82) is 0 Å². The maximum atomic E-state index is 12.0. The molecule has 0 heterocycles. The van der Waals surface area contributed by atoms with Gasteiger partial charge in [0.05, 0.1) is 71.0 Å². The molecule has 1 rings (SSSR count). The molecular weight excluding hydrogens is 508 g/mol. The molecular formula is C29H52O8S. The molecule has 0 unspecified atom stereocenters. The van der Waals surface area contributed by atoms with Crippen LogP contribution in [-0.2, 0) is 38.0 Å². The quantitative estimate of drug-likeness (QED) is 0.0952. The second kappa shape index (κ2) is 24.9. The van der Waals surface area contributed by atoms with Gasteiger partial charge >= 0.3 is 0 Å². The smallest absolute Gasteiger partial charge is 0.297 e. The van der Waals surface area contributed by atoms with E-state index in [9.17, 15) is 8.42 Å². The molecule has 0 radical (unpaired) electrons. The molecule has 0 N–H and O–H groups in total. The lowest BCUT2D eigenvalue weighted by Gasteiger charge is -2.08. The van der Waals surface area contributed by atoms with Gasteiger partial charge < -0.3 is 23.7 Å². The molecule has 0 atom stereocenters. The first kappa shape index (κ1) is 35.0. The minimum absolute atomic E-state index is 0.0380. The summed E-state index contributed by atoms with van der Waals surface area (Å²) in [5, 5.41) is 0. The largest absolute Gasteiger partial charge is 0.379 e. The van der Waals surface area contributed by atoms with Crippen LogP contribution >= 0.6 is 0 Å². The summed E-state index contributed by atoms with van der Waals surface area (Å²) >= 11 is 0. The Morgan fingerprint density at radius 3 is 1.32 bits per heavy atom. The Labute approximate surface area is 231 Å². The molecule has 0 aromatic heterocycles. The van der Waals surface area contributed by atoms with Crippen molar-refractivity contribution in [3.63, 3.8) is 0 Å². The average molecular weight is 561 g/mol. The minimum atomic E-state index is -3.75. The number of unbranched alkanes of at least 4 members (excludes halogenated alkanes) is 9. The monoisotopic (exact) mass is 560 g/mol. The van der Waals surface area contributed by atoms with Gasteiger partial charge in [0.2, 0.25) is 0 Å². The van der Waals surface area contributed by atoms with Crippen molar-refractivity contribution in [1.82, 2.24) is 0 Å². The van der Waals surface area contributed by atoms with Crippen molar-refractivity contribution in [2.75, 3.05) is 72.7 Å². The first-order valence-corrected chi connectivity index (χ1v) is 15.8. The van der Waals surface area contributed by atoms with Crippen LogP contribution in [0.1, 0.15) is 76.7 Å². The number of rotatable bonds is 28. The Bertz CT molecular complexity index is 739. The third-order valence-corrected chi connectivity index (χ3v) is 7.23.